The number of carbonyl (C=O) groups is 1. The molecular weight excluding hydrogens is 296 g/mol. The van der Waals surface area contributed by atoms with Gasteiger partial charge in [-0.25, -0.2) is 4.79 Å². The van der Waals surface area contributed by atoms with Gasteiger partial charge in [-0.05, 0) is 11.1 Å². The molecule has 0 unspecified atom stereocenters. The maximum atomic E-state index is 12.2. The highest BCUT2D eigenvalue weighted by molar-refractivity contribution is 5.89. The molecule has 0 saturated carbocycles. The SMILES string of the molecule is COCCn1cc(NC(=O)N[C@@H]2c3ccccc3C[C@@H]2O)cn1. The van der Waals surface area contributed by atoms with Crippen LogP contribution in [0.2, 0.25) is 0 Å². The predicted octanol–water partition coefficient (Wildman–Crippen LogP) is 1.31. The van der Waals surface area contributed by atoms with Crippen LogP contribution >= 0.6 is 0 Å². The molecule has 7 heteroatoms. The van der Waals surface area contributed by atoms with Gasteiger partial charge < -0.3 is 20.5 Å². The minimum Gasteiger partial charge on any atom is -0.390 e. The number of nitrogens with zero attached hydrogens (tertiary/aromatic N) is 2. The third-order valence-electron chi connectivity index (χ3n) is 3.91. The molecule has 122 valence electrons. The standard InChI is InChI=1S/C16H20N4O3/c1-23-7-6-20-10-12(9-17-20)18-16(22)19-15-13-5-3-2-4-11(13)8-14(15)21/h2-5,9-10,14-15,21H,6-8H2,1H3,(H2,18,19,22)/t14-,15+/m0/s1. The average Bonchev–Trinajstić information content (AvgIpc) is 3.10. The number of aliphatic hydroxyl groups excluding tert-OH is 1. The Labute approximate surface area is 134 Å². The van der Waals surface area contributed by atoms with E-state index in [1.165, 1.54) is 0 Å². The number of amides is 2. The van der Waals surface area contributed by atoms with Gasteiger partial charge in [0, 0.05) is 19.7 Å². The Morgan fingerprint density at radius 1 is 1.48 bits per heavy atom. The van der Waals surface area contributed by atoms with Crippen molar-refractivity contribution in [3.8, 4) is 0 Å². The highest BCUT2D eigenvalue weighted by Crippen LogP contribution is 2.31. The van der Waals surface area contributed by atoms with Crippen LogP contribution < -0.4 is 10.6 Å². The fourth-order valence-corrected chi connectivity index (χ4v) is 2.79. The Balaban J connectivity index is 1.60. The van der Waals surface area contributed by atoms with Crippen LogP contribution in [0.15, 0.2) is 36.7 Å². The third-order valence-corrected chi connectivity index (χ3v) is 3.91. The van der Waals surface area contributed by atoms with Crippen LogP contribution in [-0.4, -0.2) is 40.7 Å². The highest BCUT2D eigenvalue weighted by atomic mass is 16.5. The van der Waals surface area contributed by atoms with Gasteiger partial charge in [0.1, 0.15) is 0 Å². The summed E-state index contributed by atoms with van der Waals surface area (Å²) in [6, 6.07) is 6.98. The second kappa shape index (κ2) is 6.80. The van der Waals surface area contributed by atoms with Crippen LogP contribution in [0.25, 0.3) is 0 Å². The van der Waals surface area contributed by atoms with E-state index in [2.05, 4.69) is 15.7 Å². The summed E-state index contributed by atoms with van der Waals surface area (Å²) in [5, 5.41) is 19.8. The van der Waals surface area contributed by atoms with E-state index in [0.717, 1.165) is 11.1 Å². The molecule has 3 rings (SSSR count). The lowest BCUT2D eigenvalue weighted by Gasteiger charge is -2.18. The minimum atomic E-state index is -0.609. The van der Waals surface area contributed by atoms with Gasteiger partial charge in [0.15, 0.2) is 0 Å². The van der Waals surface area contributed by atoms with Crippen molar-refractivity contribution in [2.24, 2.45) is 0 Å². The van der Waals surface area contributed by atoms with E-state index >= 15 is 0 Å². The Kier molecular flexibility index (Phi) is 4.59. The van der Waals surface area contributed by atoms with Crippen molar-refractivity contribution < 1.29 is 14.6 Å². The van der Waals surface area contributed by atoms with E-state index in [9.17, 15) is 9.90 Å². The normalized spacial score (nSPS) is 19.4. The van der Waals surface area contributed by atoms with Gasteiger partial charge >= 0.3 is 6.03 Å². The van der Waals surface area contributed by atoms with Crippen LogP contribution in [0.4, 0.5) is 10.5 Å². The van der Waals surface area contributed by atoms with Gasteiger partial charge in [0.2, 0.25) is 0 Å². The molecule has 1 heterocycles. The molecule has 3 N–H and O–H groups in total. The number of nitrogens with one attached hydrogen (secondary N) is 2. The molecule has 1 aromatic heterocycles. The summed E-state index contributed by atoms with van der Waals surface area (Å²) in [6.07, 6.45) is 3.25. The third kappa shape index (κ3) is 3.52. The number of hydrogen-bond acceptors (Lipinski definition) is 4. The number of benzene rings is 1. The van der Waals surface area contributed by atoms with Crippen molar-refractivity contribution in [3.63, 3.8) is 0 Å². The zero-order chi connectivity index (χ0) is 16.2. The van der Waals surface area contributed by atoms with Gasteiger partial charge in [0.05, 0.1) is 37.2 Å². The number of urea groups is 1. The number of fused-ring (bicyclic) bond motifs is 1. The first-order chi connectivity index (χ1) is 11.2. The van der Waals surface area contributed by atoms with Crippen molar-refractivity contribution in [1.82, 2.24) is 15.1 Å². The van der Waals surface area contributed by atoms with E-state index < -0.39 is 12.1 Å². The topological polar surface area (TPSA) is 88.4 Å². The van der Waals surface area contributed by atoms with E-state index in [1.54, 1.807) is 24.2 Å². The van der Waals surface area contributed by atoms with Crippen molar-refractivity contribution in [3.05, 3.63) is 47.8 Å². The number of aliphatic hydroxyl groups is 1. The van der Waals surface area contributed by atoms with Gasteiger partial charge in [-0.1, -0.05) is 24.3 Å². The van der Waals surface area contributed by atoms with Crippen LogP contribution in [0, 0.1) is 0 Å². The maximum Gasteiger partial charge on any atom is 0.319 e. The molecule has 7 nitrogen and oxygen atoms in total. The molecule has 2 atom stereocenters. The largest absolute Gasteiger partial charge is 0.390 e. The van der Waals surface area contributed by atoms with Gasteiger partial charge in [-0.3, -0.25) is 4.68 Å². The molecule has 1 aromatic carbocycles. The minimum absolute atomic E-state index is 0.364. The molecule has 1 aliphatic carbocycles. The Morgan fingerprint density at radius 2 is 2.30 bits per heavy atom. The molecule has 0 radical (unpaired) electrons. The summed E-state index contributed by atoms with van der Waals surface area (Å²) in [4.78, 5) is 12.2. The molecule has 0 fully saturated rings. The molecule has 0 bridgehead atoms. The summed E-state index contributed by atoms with van der Waals surface area (Å²) < 4.78 is 6.67. The molecule has 0 aliphatic heterocycles. The first kappa shape index (κ1) is 15.5. The Hall–Kier alpha value is -2.38. The van der Waals surface area contributed by atoms with E-state index in [0.29, 0.717) is 25.3 Å². The number of carbonyl (C=O) groups excluding carboxylic acids is 1. The highest BCUT2D eigenvalue weighted by Gasteiger charge is 2.31. The van der Waals surface area contributed by atoms with Crippen LogP contribution in [0.3, 0.4) is 0 Å². The van der Waals surface area contributed by atoms with Crippen molar-refractivity contribution in [2.75, 3.05) is 19.0 Å². The number of methoxy groups -OCH3 is 1. The molecule has 1 aliphatic rings. The first-order valence-corrected chi connectivity index (χ1v) is 7.52. The zero-order valence-electron chi connectivity index (χ0n) is 12.9. The number of aromatic nitrogens is 2. The molecular formula is C16H20N4O3. The summed E-state index contributed by atoms with van der Waals surface area (Å²) in [6.45, 7) is 1.17. The Bertz CT molecular complexity index is 685. The molecule has 2 aromatic rings. The van der Waals surface area contributed by atoms with E-state index in [4.69, 9.17) is 4.74 Å². The lowest BCUT2D eigenvalue weighted by Crippen LogP contribution is -2.36. The summed E-state index contributed by atoms with van der Waals surface area (Å²) in [5.74, 6) is 0. The summed E-state index contributed by atoms with van der Waals surface area (Å²) in [5.41, 5.74) is 2.63. The fraction of sp³-hybridized carbons (Fsp3) is 0.375. The smallest absolute Gasteiger partial charge is 0.319 e. The van der Waals surface area contributed by atoms with Crippen LogP contribution in [0.5, 0.6) is 0 Å². The molecule has 2 amide bonds. The van der Waals surface area contributed by atoms with E-state index in [-0.39, 0.29) is 6.03 Å². The Morgan fingerprint density at radius 3 is 3.13 bits per heavy atom. The fourth-order valence-electron chi connectivity index (χ4n) is 2.79. The molecule has 0 spiro atoms. The van der Waals surface area contributed by atoms with Crippen molar-refractivity contribution in [2.45, 2.75) is 25.1 Å². The van der Waals surface area contributed by atoms with E-state index in [1.807, 2.05) is 24.3 Å². The van der Waals surface area contributed by atoms with Gasteiger partial charge in [-0.2, -0.15) is 5.10 Å². The second-order valence-electron chi connectivity index (χ2n) is 5.53. The maximum absolute atomic E-state index is 12.2. The van der Waals surface area contributed by atoms with Crippen LogP contribution in [-0.2, 0) is 17.7 Å². The lowest BCUT2D eigenvalue weighted by molar-refractivity contribution is 0.144. The quantitative estimate of drug-likeness (QED) is 0.776. The number of rotatable bonds is 5. The predicted molar refractivity (Wildman–Crippen MR) is 85.2 cm³/mol. The van der Waals surface area contributed by atoms with Gasteiger partial charge in [-0.15, -0.1) is 0 Å². The number of ether oxygens (including phenoxy) is 1. The average molecular weight is 316 g/mol. The second-order valence-corrected chi connectivity index (χ2v) is 5.53. The summed E-state index contributed by atoms with van der Waals surface area (Å²) >= 11 is 0. The van der Waals surface area contributed by atoms with Crippen LogP contribution in [0.1, 0.15) is 17.2 Å². The molecule has 23 heavy (non-hydrogen) atoms. The summed E-state index contributed by atoms with van der Waals surface area (Å²) in [7, 11) is 1.63. The first-order valence-electron chi connectivity index (χ1n) is 7.52. The van der Waals surface area contributed by atoms with Crippen molar-refractivity contribution >= 4 is 11.7 Å². The monoisotopic (exact) mass is 316 g/mol. The van der Waals surface area contributed by atoms with Gasteiger partial charge in [0.25, 0.3) is 0 Å². The van der Waals surface area contributed by atoms with Crippen molar-refractivity contribution in [1.29, 1.82) is 0 Å². The lowest BCUT2D eigenvalue weighted by atomic mass is 10.1. The zero-order valence-corrected chi connectivity index (χ0v) is 12.9. The number of hydrogen-bond donors (Lipinski definition) is 3. The molecule has 0 saturated heterocycles. The number of anilines is 1.